The van der Waals surface area contributed by atoms with Crippen LogP contribution in [0.25, 0.3) is 0 Å². The Morgan fingerprint density at radius 1 is 1.42 bits per heavy atom. The van der Waals surface area contributed by atoms with E-state index in [2.05, 4.69) is 15.3 Å². The Bertz CT molecular complexity index is 577. The van der Waals surface area contributed by atoms with Gasteiger partial charge in [0.05, 0.1) is 23.9 Å². The van der Waals surface area contributed by atoms with Gasteiger partial charge < -0.3 is 14.5 Å². The van der Waals surface area contributed by atoms with E-state index >= 15 is 0 Å². The van der Waals surface area contributed by atoms with Crippen molar-refractivity contribution in [1.29, 1.82) is 0 Å². The van der Waals surface area contributed by atoms with Crippen LogP contribution >= 0.6 is 11.3 Å². The zero-order valence-corrected chi connectivity index (χ0v) is 15.8. The van der Waals surface area contributed by atoms with Crippen LogP contribution in [0.3, 0.4) is 0 Å². The highest BCUT2D eigenvalue weighted by Crippen LogP contribution is 2.33. The molecule has 0 aromatic carbocycles. The SMILES string of the molecule is Cc1nc(CN2CCOCC3(CCCN(C(=O)N(C)C)C3)C2)cs1. The second-order valence-corrected chi connectivity index (χ2v) is 8.39. The van der Waals surface area contributed by atoms with Gasteiger partial charge in [-0.15, -0.1) is 11.3 Å². The van der Waals surface area contributed by atoms with E-state index in [4.69, 9.17) is 4.74 Å². The Morgan fingerprint density at radius 2 is 2.25 bits per heavy atom. The molecule has 1 aromatic rings. The highest BCUT2D eigenvalue weighted by atomic mass is 32.1. The lowest BCUT2D eigenvalue weighted by molar-refractivity contribution is 0.0135. The number of thiazole rings is 1. The molecule has 3 rings (SSSR count). The zero-order chi connectivity index (χ0) is 17.2. The van der Waals surface area contributed by atoms with Crippen LogP contribution in [0, 0.1) is 12.3 Å². The van der Waals surface area contributed by atoms with Crippen molar-refractivity contribution in [1.82, 2.24) is 19.7 Å². The predicted molar refractivity (Wildman–Crippen MR) is 95.3 cm³/mol. The molecular formula is C17H28N4O2S. The van der Waals surface area contributed by atoms with E-state index in [0.717, 1.165) is 69.5 Å². The van der Waals surface area contributed by atoms with Crippen LogP contribution in [0.2, 0.25) is 0 Å². The lowest BCUT2D eigenvalue weighted by atomic mass is 9.80. The summed E-state index contributed by atoms with van der Waals surface area (Å²) in [5.74, 6) is 0. The topological polar surface area (TPSA) is 48.9 Å². The number of rotatable bonds is 2. The summed E-state index contributed by atoms with van der Waals surface area (Å²) >= 11 is 1.71. The molecule has 1 aromatic heterocycles. The number of carbonyl (C=O) groups excluding carboxylic acids is 1. The Hall–Kier alpha value is -1.18. The predicted octanol–water partition coefficient (Wildman–Crippen LogP) is 2.05. The summed E-state index contributed by atoms with van der Waals surface area (Å²) in [6, 6.07) is 0.111. The number of carbonyl (C=O) groups is 1. The average Bonchev–Trinajstić information content (AvgIpc) is 2.85. The van der Waals surface area contributed by atoms with Crippen LogP contribution in [0.1, 0.15) is 23.5 Å². The summed E-state index contributed by atoms with van der Waals surface area (Å²) in [7, 11) is 3.65. The first kappa shape index (κ1) is 17.6. The molecule has 134 valence electrons. The first-order valence-electron chi connectivity index (χ1n) is 8.65. The van der Waals surface area contributed by atoms with E-state index in [0.29, 0.717) is 0 Å². The summed E-state index contributed by atoms with van der Waals surface area (Å²) in [5.41, 5.74) is 1.19. The van der Waals surface area contributed by atoms with Gasteiger partial charge >= 0.3 is 6.03 Å². The van der Waals surface area contributed by atoms with Gasteiger partial charge in [-0.3, -0.25) is 4.90 Å². The van der Waals surface area contributed by atoms with Crippen molar-refractivity contribution in [2.24, 2.45) is 5.41 Å². The van der Waals surface area contributed by atoms with Gasteiger partial charge in [0.15, 0.2) is 0 Å². The fourth-order valence-corrected chi connectivity index (χ4v) is 4.43. The van der Waals surface area contributed by atoms with Gasteiger partial charge in [0.1, 0.15) is 0 Å². The number of aryl methyl sites for hydroxylation is 1. The summed E-state index contributed by atoms with van der Waals surface area (Å²) in [5, 5.41) is 3.27. The molecule has 2 aliphatic rings. The van der Waals surface area contributed by atoms with Gasteiger partial charge in [-0.1, -0.05) is 0 Å². The van der Waals surface area contributed by atoms with E-state index in [9.17, 15) is 4.79 Å². The molecule has 0 bridgehead atoms. The second kappa shape index (κ2) is 7.37. The summed E-state index contributed by atoms with van der Waals surface area (Å²) in [6.07, 6.45) is 2.17. The number of amides is 2. The number of piperidine rings is 1. The molecule has 2 saturated heterocycles. The molecule has 6 nitrogen and oxygen atoms in total. The average molecular weight is 353 g/mol. The molecule has 2 fully saturated rings. The standard InChI is InChI=1S/C17H28N4O2S/c1-14-18-15(10-24-14)9-20-7-8-23-13-17(11-20)5-4-6-21(12-17)16(22)19(2)3/h10H,4-9,11-13H2,1-3H3. The largest absolute Gasteiger partial charge is 0.379 e. The lowest BCUT2D eigenvalue weighted by Gasteiger charge is -2.44. The minimum Gasteiger partial charge on any atom is -0.379 e. The van der Waals surface area contributed by atoms with Crippen molar-refractivity contribution in [3.63, 3.8) is 0 Å². The molecule has 2 aliphatic heterocycles. The van der Waals surface area contributed by atoms with Crippen molar-refractivity contribution >= 4 is 17.4 Å². The van der Waals surface area contributed by atoms with E-state index in [1.807, 2.05) is 25.9 Å². The van der Waals surface area contributed by atoms with Gasteiger partial charge in [0.25, 0.3) is 0 Å². The Labute approximate surface area is 148 Å². The minimum atomic E-state index is 0.0471. The van der Waals surface area contributed by atoms with Crippen molar-refractivity contribution in [2.45, 2.75) is 26.3 Å². The molecule has 0 saturated carbocycles. The Morgan fingerprint density at radius 3 is 2.96 bits per heavy atom. The fraction of sp³-hybridized carbons (Fsp3) is 0.765. The summed E-state index contributed by atoms with van der Waals surface area (Å²) in [4.78, 5) is 23.1. The number of nitrogens with zero attached hydrogens (tertiary/aromatic N) is 4. The highest BCUT2D eigenvalue weighted by molar-refractivity contribution is 7.09. The molecule has 7 heteroatoms. The highest BCUT2D eigenvalue weighted by Gasteiger charge is 2.40. The first-order chi connectivity index (χ1) is 11.5. The van der Waals surface area contributed by atoms with Crippen LogP contribution in [0.4, 0.5) is 4.79 Å². The molecule has 2 amide bonds. The molecule has 0 aliphatic carbocycles. The van der Waals surface area contributed by atoms with Gasteiger partial charge in [-0.25, -0.2) is 9.78 Å². The van der Waals surface area contributed by atoms with Crippen LogP contribution in [-0.4, -0.2) is 79.2 Å². The van der Waals surface area contributed by atoms with Crippen LogP contribution in [0.15, 0.2) is 5.38 Å². The number of urea groups is 1. The molecule has 1 unspecified atom stereocenters. The monoisotopic (exact) mass is 352 g/mol. The molecule has 0 N–H and O–H groups in total. The number of aromatic nitrogens is 1. The van der Waals surface area contributed by atoms with Crippen molar-refractivity contribution in [3.8, 4) is 0 Å². The van der Waals surface area contributed by atoms with Gasteiger partial charge in [-0.05, 0) is 19.8 Å². The normalized spacial score (nSPS) is 25.7. The second-order valence-electron chi connectivity index (χ2n) is 7.32. The molecule has 24 heavy (non-hydrogen) atoms. The zero-order valence-electron chi connectivity index (χ0n) is 15.0. The molecular weight excluding hydrogens is 324 g/mol. The van der Waals surface area contributed by atoms with Gasteiger partial charge in [0, 0.05) is 57.6 Å². The summed E-state index contributed by atoms with van der Waals surface area (Å²) < 4.78 is 5.94. The van der Waals surface area contributed by atoms with E-state index < -0.39 is 0 Å². The van der Waals surface area contributed by atoms with Crippen molar-refractivity contribution < 1.29 is 9.53 Å². The molecule has 3 heterocycles. The molecule has 1 spiro atoms. The van der Waals surface area contributed by atoms with Crippen LogP contribution < -0.4 is 0 Å². The van der Waals surface area contributed by atoms with E-state index in [-0.39, 0.29) is 11.4 Å². The van der Waals surface area contributed by atoms with Crippen LogP contribution in [-0.2, 0) is 11.3 Å². The summed E-state index contributed by atoms with van der Waals surface area (Å²) in [6.45, 7) is 7.97. The molecule has 1 atom stereocenters. The lowest BCUT2D eigenvalue weighted by Crippen LogP contribution is -2.54. The maximum Gasteiger partial charge on any atom is 0.319 e. The maximum atomic E-state index is 12.4. The smallest absolute Gasteiger partial charge is 0.319 e. The third-order valence-electron chi connectivity index (χ3n) is 4.89. The molecule has 0 radical (unpaired) electrons. The number of ether oxygens (including phenoxy) is 1. The van der Waals surface area contributed by atoms with E-state index in [1.165, 1.54) is 0 Å². The van der Waals surface area contributed by atoms with E-state index in [1.54, 1.807) is 16.2 Å². The quantitative estimate of drug-likeness (QED) is 0.817. The van der Waals surface area contributed by atoms with Crippen molar-refractivity contribution in [2.75, 3.05) is 53.5 Å². The number of hydrogen-bond donors (Lipinski definition) is 0. The number of hydrogen-bond acceptors (Lipinski definition) is 5. The first-order valence-corrected chi connectivity index (χ1v) is 9.53. The van der Waals surface area contributed by atoms with Gasteiger partial charge in [0.2, 0.25) is 0 Å². The number of likely N-dealkylation sites (tertiary alicyclic amines) is 1. The van der Waals surface area contributed by atoms with Crippen molar-refractivity contribution in [3.05, 3.63) is 16.1 Å². The van der Waals surface area contributed by atoms with Gasteiger partial charge in [-0.2, -0.15) is 0 Å². The Balaban J connectivity index is 1.69. The fourth-order valence-electron chi connectivity index (χ4n) is 3.83. The maximum absolute atomic E-state index is 12.4. The van der Waals surface area contributed by atoms with Crippen LogP contribution in [0.5, 0.6) is 0 Å². The Kier molecular flexibility index (Phi) is 5.42. The third-order valence-corrected chi connectivity index (χ3v) is 5.71. The third kappa shape index (κ3) is 4.07. The minimum absolute atomic E-state index is 0.0471.